The molecule has 3 fully saturated rings. The number of piperazine rings is 1. The lowest BCUT2D eigenvalue weighted by molar-refractivity contribution is -0.286. The van der Waals surface area contributed by atoms with Crippen molar-refractivity contribution in [3.05, 3.63) is 117 Å². The number of alkyl halides is 2. The third-order valence-corrected chi connectivity index (χ3v) is 15.6. The van der Waals surface area contributed by atoms with Crippen molar-refractivity contribution in [2.24, 2.45) is 0 Å². The predicted octanol–water partition coefficient (Wildman–Crippen LogP) is 7.07. The molecule has 5 aliphatic rings. The highest BCUT2D eigenvalue weighted by Gasteiger charge is 2.53. The summed E-state index contributed by atoms with van der Waals surface area (Å²) in [6.45, 7) is 3.95. The first-order valence-electron chi connectivity index (χ1n) is 25.1. The molecule has 0 radical (unpaired) electrons. The second-order valence-corrected chi connectivity index (χ2v) is 20.9. The van der Waals surface area contributed by atoms with Gasteiger partial charge in [-0.25, -0.2) is 4.98 Å². The number of anilines is 1. The number of aromatic nitrogens is 2. The molecule has 18 nitrogen and oxygen atoms in total. The van der Waals surface area contributed by atoms with Crippen molar-refractivity contribution in [1.29, 1.82) is 0 Å². The summed E-state index contributed by atoms with van der Waals surface area (Å²) >= 11 is 8.08. The third kappa shape index (κ3) is 10.8. The van der Waals surface area contributed by atoms with Crippen LogP contribution in [0.5, 0.6) is 17.2 Å². The molecule has 1 saturated carbocycles. The summed E-state index contributed by atoms with van der Waals surface area (Å²) in [4.78, 5) is 93.0. The van der Waals surface area contributed by atoms with Crippen molar-refractivity contribution in [2.75, 3.05) is 64.5 Å². The van der Waals surface area contributed by atoms with Crippen molar-refractivity contribution in [2.45, 2.75) is 63.4 Å². The van der Waals surface area contributed by atoms with Gasteiger partial charge in [0.2, 0.25) is 23.6 Å². The molecule has 1 atom stereocenters. The van der Waals surface area contributed by atoms with E-state index in [1.165, 1.54) is 28.4 Å². The van der Waals surface area contributed by atoms with E-state index in [0.29, 0.717) is 89.9 Å². The molecule has 6 amide bonds. The van der Waals surface area contributed by atoms with Crippen molar-refractivity contribution in [3.8, 4) is 39.6 Å². The molecule has 77 heavy (non-hydrogen) atoms. The zero-order valence-electron chi connectivity index (χ0n) is 41.5. The third-order valence-electron chi connectivity index (χ3n) is 14.2. The van der Waals surface area contributed by atoms with E-state index in [1.807, 2.05) is 31.2 Å². The molecule has 3 aromatic carbocycles. The molecule has 0 spiro atoms. The number of nitrogens with one attached hydrogen (secondary N) is 2. The van der Waals surface area contributed by atoms with E-state index >= 15 is 0 Å². The summed E-state index contributed by atoms with van der Waals surface area (Å²) in [5.74, 6) is -0.792. The van der Waals surface area contributed by atoms with Gasteiger partial charge in [0.25, 0.3) is 11.8 Å². The first-order valence-corrected chi connectivity index (χ1v) is 26.3. The van der Waals surface area contributed by atoms with Gasteiger partial charge in [-0.15, -0.1) is 20.1 Å². The number of aryl methyl sites for hydroxylation is 1. The molecular weight excluding hydrogens is 1040 g/mol. The van der Waals surface area contributed by atoms with Gasteiger partial charge < -0.3 is 44.1 Å². The van der Waals surface area contributed by atoms with Crippen LogP contribution in [0.25, 0.3) is 32.6 Å². The second kappa shape index (κ2) is 21.1. The monoisotopic (exact) mass is 1090 g/mol. The second-order valence-electron chi connectivity index (χ2n) is 19.3. The highest BCUT2D eigenvalue weighted by atomic mass is 35.5. The van der Waals surface area contributed by atoms with Crippen molar-refractivity contribution < 1.29 is 61.2 Å². The SMILES string of the molecule is Cc1ccc(NC(=O)C2(c3ccc4c(c3)OC(F)(F)O4)CC2)nc1-c1cccc(C(=O)NCCOCCOCC(=O)N2CCN(C(=O)C3Cc4cc(Cl)cc(-c5ccnc6cc(CN7C(=O)CCC7=O)sc56)c4O3)CC2)c1. The molecule has 7 heterocycles. The van der Waals surface area contributed by atoms with Crippen molar-refractivity contribution in [1.82, 2.24) is 30.0 Å². The zero-order valence-corrected chi connectivity index (χ0v) is 43.1. The van der Waals surface area contributed by atoms with E-state index in [2.05, 4.69) is 25.1 Å². The maximum absolute atomic E-state index is 13.8. The molecule has 6 aromatic rings. The fourth-order valence-corrected chi connectivity index (χ4v) is 11.4. The molecule has 1 aliphatic carbocycles. The normalized spacial score (nSPS) is 17.9. The van der Waals surface area contributed by atoms with Gasteiger partial charge >= 0.3 is 6.29 Å². The summed E-state index contributed by atoms with van der Waals surface area (Å²) in [6.07, 6.45) is -1.07. The number of rotatable bonds is 17. The molecule has 2 N–H and O–H groups in total. The largest absolute Gasteiger partial charge is 0.586 e. The van der Waals surface area contributed by atoms with Crippen LogP contribution in [-0.4, -0.2) is 132 Å². The number of ether oxygens (including phenoxy) is 5. The van der Waals surface area contributed by atoms with Crippen molar-refractivity contribution in [3.63, 3.8) is 0 Å². The summed E-state index contributed by atoms with van der Waals surface area (Å²) in [6, 6.07) is 22.1. The van der Waals surface area contributed by atoms with E-state index in [0.717, 1.165) is 31.8 Å². The molecule has 3 aromatic heterocycles. The standard InChI is InChI=1S/C55H50ClF2N7O11S/c1-31-5-8-44(62-53(71)54(12-13-54)35-6-7-41-42(26-35)76-55(57,58)75-41)61-48(31)32-3-2-4-33(23-32)51(69)60-15-20-72-21-22-73-30-47(68)63-16-18-64(19-17-63)52(70)43-25-34-24-36(56)27-39(49(34)74-43)38-11-14-59-40-28-37(77-50(38)40)29-65-45(66)9-10-46(65)67/h2-8,11,14,23-24,26-28,43H,9-10,12-13,15-22,25,29-30H2,1H3,(H,60,69)(H,61,62,71). The van der Waals surface area contributed by atoms with Gasteiger partial charge in [0, 0.05) is 95.9 Å². The highest BCUT2D eigenvalue weighted by molar-refractivity contribution is 7.19. The fraction of sp³-hybridized carbons (Fsp3) is 0.345. The van der Waals surface area contributed by atoms with Crippen LogP contribution in [0, 0.1) is 6.92 Å². The number of hydrogen-bond donors (Lipinski definition) is 2. The van der Waals surface area contributed by atoms with Gasteiger partial charge in [0.15, 0.2) is 17.6 Å². The highest BCUT2D eigenvalue weighted by Crippen LogP contribution is 2.52. The number of carbonyl (C=O) groups is 6. The minimum absolute atomic E-state index is 0.0957. The number of carbonyl (C=O) groups excluding carboxylic acids is 6. The molecule has 398 valence electrons. The lowest BCUT2D eigenvalue weighted by Crippen LogP contribution is -2.54. The van der Waals surface area contributed by atoms with Gasteiger partial charge in [-0.1, -0.05) is 35.9 Å². The number of pyridine rings is 2. The number of amides is 6. The Kier molecular flexibility index (Phi) is 14.1. The smallest absolute Gasteiger partial charge is 0.479 e. The van der Waals surface area contributed by atoms with Crippen LogP contribution in [-0.2, 0) is 51.8 Å². The number of fused-ring (bicyclic) bond motifs is 3. The Morgan fingerprint density at radius 2 is 1.62 bits per heavy atom. The molecule has 0 bridgehead atoms. The lowest BCUT2D eigenvalue weighted by Gasteiger charge is -2.35. The summed E-state index contributed by atoms with van der Waals surface area (Å²) in [5.41, 5.74) is 5.07. The number of benzene rings is 3. The average Bonchev–Trinajstić information content (AvgIpc) is 3.80. The van der Waals surface area contributed by atoms with Gasteiger partial charge in [-0.3, -0.25) is 38.7 Å². The summed E-state index contributed by atoms with van der Waals surface area (Å²) in [5, 5.41) is 6.22. The van der Waals surface area contributed by atoms with Gasteiger partial charge in [-0.2, -0.15) is 0 Å². The van der Waals surface area contributed by atoms with Crippen LogP contribution in [0.3, 0.4) is 0 Å². The van der Waals surface area contributed by atoms with Crippen LogP contribution in [0.2, 0.25) is 5.02 Å². The molecular formula is C55H50ClF2N7O11S. The van der Waals surface area contributed by atoms with Gasteiger partial charge in [-0.05, 0) is 85.5 Å². The average molecular weight is 1090 g/mol. The minimum Gasteiger partial charge on any atom is -0.479 e. The van der Waals surface area contributed by atoms with E-state index in [-0.39, 0.29) is 99.3 Å². The Morgan fingerprint density at radius 3 is 2.42 bits per heavy atom. The fourth-order valence-electron chi connectivity index (χ4n) is 10.0. The predicted molar refractivity (Wildman–Crippen MR) is 277 cm³/mol. The van der Waals surface area contributed by atoms with Gasteiger partial charge in [0.1, 0.15) is 18.2 Å². The summed E-state index contributed by atoms with van der Waals surface area (Å²) < 4.78 is 54.9. The van der Waals surface area contributed by atoms with E-state index < -0.39 is 17.8 Å². The number of nitrogens with zero attached hydrogens (tertiary/aromatic N) is 5. The Hall–Kier alpha value is -7.59. The van der Waals surface area contributed by atoms with E-state index in [9.17, 15) is 37.5 Å². The maximum atomic E-state index is 13.8. The molecule has 4 aliphatic heterocycles. The Bertz CT molecular complexity index is 3370. The van der Waals surface area contributed by atoms with E-state index in [4.69, 9.17) is 30.8 Å². The van der Waals surface area contributed by atoms with Crippen molar-refractivity contribution >= 4 is 74.4 Å². The lowest BCUT2D eigenvalue weighted by atomic mass is 9.94. The van der Waals surface area contributed by atoms with Crippen LogP contribution in [0.4, 0.5) is 14.6 Å². The number of halogens is 3. The number of thiophene rings is 1. The molecule has 11 rings (SSSR count). The summed E-state index contributed by atoms with van der Waals surface area (Å²) in [7, 11) is 0. The molecule has 1 unspecified atom stereocenters. The Balaban J connectivity index is 0.596. The van der Waals surface area contributed by atoms with Crippen LogP contribution < -0.4 is 24.8 Å². The van der Waals surface area contributed by atoms with Crippen LogP contribution in [0.15, 0.2) is 85.1 Å². The first kappa shape index (κ1) is 51.5. The van der Waals surface area contributed by atoms with E-state index in [1.54, 1.807) is 58.5 Å². The number of imide groups is 1. The quantitative estimate of drug-likeness (QED) is 0.0694. The first-order chi connectivity index (χ1) is 37.1. The number of likely N-dealkylation sites (tertiary alicyclic amines) is 1. The Labute approximate surface area is 448 Å². The maximum Gasteiger partial charge on any atom is 0.586 e. The molecule has 22 heteroatoms. The minimum atomic E-state index is -3.76. The number of hydrogen-bond acceptors (Lipinski definition) is 14. The zero-order chi connectivity index (χ0) is 53.6. The topological polar surface area (TPSA) is 208 Å². The molecule has 2 saturated heterocycles. The Morgan fingerprint density at radius 1 is 0.857 bits per heavy atom. The van der Waals surface area contributed by atoms with Crippen LogP contribution >= 0.6 is 22.9 Å². The van der Waals surface area contributed by atoms with Gasteiger partial charge in [0.05, 0.1) is 47.7 Å². The van der Waals surface area contributed by atoms with Crippen LogP contribution in [0.1, 0.15) is 57.6 Å².